The molecule has 0 heterocycles. The van der Waals surface area contributed by atoms with Crippen molar-refractivity contribution >= 4 is 15.7 Å². The third kappa shape index (κ3) is 3.83. The molecular formula is C15H13F2N3O2S. The van der Waals surface area contributed by atoms with Crippen LogP contribution in [0.1, 0.15) is 24.1 Å². The van der Waals surface area contributed by atoms with Crippen molar-refractivity contribution in [3.05, 3.63) is 59.2 Å². The molecule has 0 bridgehead atoms. The molecule has 0 saturated heterocycles. The maximum Gasteiger partial charge on any atom is 0.238 e. The third-order valence-corrected chi connectivity index (χ3v) is 4.17. The van der Waals surface area contributed by atoms with Gasteiger partial charge in [-0.1, -0.05) is 6.07 Å². The minimum Gasteiger partial charge on any atom is -0.377 e. The van der Waals surface area contributed by atoms with Gasteiger partial charge in [0.2, 0.25) is 10.0 Å². The number of nitrogens with two attached hydrogens (primary N) is 1. The fourth-order valence-electron chi connectivity index (χ4n) is 2.02. The number of benzene rings is 2. The Morgan fingerprint density at radius 2 is 1.87 bits per heavy atom. The molecule has 0 fully saturated rings. The average Bonchev–Trinajstić information content (AvgIpc) is 2.49. The van der Waals surface area contributed by atoms with Crippen molar-refractivity contribution in [1.29, 1.82) is 5.26 Å². The van der Waals surface area contributed by atoms with Gasteiger partial charge in [-0.05, 0) is 42.8 Å². The van der Waals surface area contributed by atoms with E-state index in [9.17, 15) is 17.2 Å². The molecule has 0 aliphatic carbocycles. The Balaban J connectivity index is 2.32. The zero-order chi connectivity index (χ0) is 17.2. The minimum atomic E-state index is -3.91. The van der Waals surface area contributed by atoms with Gasteiger partial charge in [-0.3, -0.25) is 0 Å². The fourth-order valence-corrected chi connectivity index (χ4v) is 2.56. The van der Waals surface area contributed by atoms with Crippen LogP contribution in [0.3, 0.4) is 0 Å². The van der Waals surface area contributed by atoms with E-state index in [1.54, 1.807) is 6.92 Å². The predicted molar refractivity (Wildman–Crippen MR) is 80.9 cm³/mol. The maximum absolute atomic E-state index is 13.3. The summed E-state index contributed by atoms with van der Waals surface area (Å²) in [7, 11) is -3.91. The smallest absolute Gasteiger partial charge is 0.238 e. The van der Waals surface area contributed by atoms with Crippen molar-refractivity contribution in [2.24, 2.45) is 5.14 Å². The van der Waals surface area contributed by atoms with E-state index in [2.05, 4.69) is 5.32 Å². The zero-order valence-corrected chi connectivity index (χ0v) is 12.9. The number of anilines is 1. The highest BCUT2D eigenvalue weighted by atomic mass is 32.2. The summed E-state index contributed by atoms with van der Waals surface area (Å²) in [6.45, 7) is 1.70. The van der Waals surface area contributed by atoms with Gasteiger partial charge in [0, 0.05) is 6.04 Å². The van der Waals surface area contributed by atoms with Gasteiger partial charge in [-0.2, -0.15) is 5.26 Å². The second kappa shape index (κ2) is 6.32. The molecule has 1 unspecified atom stereocenters. The van der Waals surface area contributed by atoms with Crippen LogP contribution in [0.5, 0.6) is 0 Å². The van der Waals surface area contributed by atoms with E-state index in [0.717, 1.165) is 18.2 Å². The van der Waals surface area contributed by atoms with Crippen molar-refractivity contribution in [2.75, 3.05) is 5.32 Å². The predicted octanol–water partition coefficient (Wildman–Crippen LogP) is 2.66. The van der Waals surface area contributed by atoms with Gasteiger partial charge in [-0.15, -0.1) is 0 Å². The quantitative estimate of drug-likeness (QED) is 0.896. The highest BCUT2D eigenvalue weighted by molar-refractivity contribution is 7.89. The van der Waals surface area contributed by atoms with Crippen LogP contribution in [0.4, 0.5) is 14.5 Å². The summed E-state index contributed by atoms with van der Waals surface area (Å²) < 4.78 is 48.8. The van der Waals surface area contributed by atoms with Crippen molar-refractivity contribution in [1.82, 2.24) is 0 Å². The summed E-state index contributed by atoms with van der Waals surface area (Å²) in [5.74, 6) is -1.92. The average molecular weight is 337 g/mol. The number of sulfonamides is 1. The Kier molecular flexibility index (Phi) is 4.63. The Hall–Kier alpha value is -2.50. The first-order chi connectivity index (χ1) is 10.7. The van der Waals surface area contributed by atoms with Crippen LogP contribution in [-0.2, 0) is 10.0 Å². The molecule has 3 N–H and O–H groups in total. The van der Waals surface area contributed by atoms with Gasteiger partial charge in [0.05, 0.1) is 16.1 Å². The van der Waals surface area contributed by atoms with Crippen molar-refractivity contribution < 1.29 is 17.2 Å². The lowest BCUT2D eigenvalue weighted by Gasteiger charge is -2.17. The zero-order valence-electron chi connectivity index (χ0n) is 12.0. The lowest BCUT2D eigenvalue weighted by Crippen LogP contribution is -2.13. The van der Waals surface area contributed by atoms with Crippen LogP contribution in [0.2, 0.25) is 0 Å². The Morgan fingerprint density at radius 1 is 1.17 bits per heavy atom. The number of halogens is 2. The molecule has 8 heteroatoms. The Morgan fingerprint density at radius 3 is 2.43 bits per heavy atom. The van der Waals surface area contributed by atoms with Crippen LogP contribution in [-0.4, -0.2) is 8.42 Å². The lowest BCUT2D eigenvalue weighted by atomic mass is 10.1. The number of rotatable bonds is 4. The molecule has 1 atom stereocenters. The van der Waals surface area contributed by atoms with Gasteiger partial charge in [0.25, 0.3) is 0 Å². The van der Waals surface area contributed by atoms with Gasteiger partial charge >= 0.3 is 0 Å². The summed E-state index contributed by atoms with van der Waals surface area (Å²) in [4.78, 5) is -0.180. The van der Waals surface area contributed by atoms with E-state index in [0.29, 0.717) is 11.3 Å². The number of nitrogens with zero attached hydrogens (tertiary/aromatic N) is 1. The molecule has 120 valence electrons. The summed E-state index contributed by atoms with van der Waals surface area (Å²) in [5, 5.41) is 17.1. The van der Waals surface area contributed by atoms with Gasteiger partial charge < -0.3 is 5.32 Å². The summed E-state index contributed by atoms with van der Waals surface area (Å²) in [6, 6.07) is 8.73. The maximum atomic E-state index is 13.3. The molecule has 2 aromatic rings. The first-order valence-electron chi connectivity index (χ1n) is 6.51. The molecule has 2 rings (SSSR count). The molecule has 5 nitrogen and oxygen atoms in total. The minimum absolute atomic E-state index is 0.0750. The lowest BCUT2D eigenvalue weighted by molar-refractivity contribution is 0.506. The van der Waals surface area contributed by atoms with Gasteiger partial charge in [0.1, 0.15) is 6.07 Å². The van der Waals surface area contributed by atoms with Crippen LogP contribution < -0.4 is 10.5 Å². The summed E-state index contributed by atoms with van der Waals surface area (Å²) in [5.41, 5.74) is 0.909. The highest BCUT2D eigenvalue weighted by Crippen LogP contribution is 2.25. The van der Waals surface area contributed by atoms with Crippen molar-refractivity contribution in [3.8, 4) is 6.07 Å². The normalized spacial score (nSPS) is 12.5. The van der Waals surface area contributed by atoms with Gasteiger partial charge in [0.15, 0.2) is 11.6 Å². The SMILES string of the molecule is CC(Nc1ccc(S(N)(=O)=O)cc1C#N)c1ccc(F)c(F)c1. The number of nitrogens with one attached hydrogen (secondary N) is 1. The van der Waals surface area contributed by atoms with E-state index in [-0.39, 0.29) is 10.5 Å². The number of primary sulfonamides is 1. The second-order valence-corrected chi connectivity index (χ2v) is 6.47. The highest BCUT2D eigenvalue weighted by Gasteiger charge is 2.14. The van der Waals surface area contributed by atoms with E-state index >= 15 is 0 Å². The monoisotopic (exact) mass is 337 g/mol. The van der Waals surface area contributed by atoms with Gasteiger partial charge in [-0.25, -0.2) is 22.3 Å². The van der Waals surface area contributed by atoms with Crippen molar-refractivity contribution in [2.45, 2.75) is 17.9 Å². The summed E-state index contributed by atoms with van der Waals surface area (Å²) >= 11 is 0. The van der Waals surface area contributed by atoms with Crippen LogP contribution in [0.25, 0.3) is 0 Å². The van der Waals surface area contributed by atoms with E-state index < -0.39 is 27.7 Å². The second-order valence-electron chi connectivity index (χ2n) is 4.90. The molecule has 0 spiro atoms. The summed E-state index contributed by atoms with van der Waals surface area (Å²) in [6.07, 6.45) is 0. The van der Waals surface area contributed by atoms with Crippen LogP contribution in [0.15, 0.2) is 41.3 Å². The van der Waals surface area contributed by atoms with E-state index in [1.165, 1.54) is 18.2 Å². The fraction of sp³-hybridized carbons (Fsp3) is 0.133. The number of hydrogen-bond acceptors (Lipinski definition) is 4. The first-order valence-corrected chi connectivity index (χ1v) is 8.05. The molecule has 0 radical (unpaired) electrons. The number of hydrogen-bond donors (Lipinski definition) is 2. The largest absolute Gasteiger partial charge is 0.377 e. The standard InChI is InChI=1S/C15H13F2N3O2S/c1-9(10-2-4-13(16)14(17)7-10)20-15-5-3-12(23(19,21)22)6-11(15)8-18/h2-7,9,20H,1H3,(H2,19,21,22). The van der Waals surface area contributed by atoms with Crippen LogP contribution in [0, 0.1) is 23.0 Å². The first kappa shape index (κ1) is 16.9. The van der Waals surface area contributed by atoms with Crippen LogP contribution >= 0.6 is 0 Å². The Labute approximate surface area is 132 Å². The van der Waals surface area contributed by atoms with E-state index in [1.807, 2.05) is 6.07 Å². The molecular weight excluding hydrogens is 324 g/mol. The number of nitriles is 1. The Bertz CT molecular complexity index is 892. The molecule has 2 aromatic carbocycles. The molecule has 0 amide bonds. The van der Waals surface area contributed by atoms with Crippen molar-refractivity contribution in [3.63, 3.8) is 0 Å². The molecule has 0 aliphatic rings. The topological polar surface area (TPSA) is 96.0 Å². The van der Waals surface area contributed by atoms with E-state index in [4.69, 9.17) is 10.4 Å². The third-order valence-electron chi connectivity index (χ3n) is 3.26. The molecule has 0 saturated carbocycles. The molecule has 23 heavy (non-hydrogen) atoms. The molecule has 0 aliphatic heterocycles. The molecule has 0 aromatic heterocycles.